The van der Waals surface area contributed by atoms with E-state index < -0.39 is 0 Å². The van der Waals surface area contributed by atoms with Crippen molar-refractivity contribution in [3.05, 3.63) is 42.7 Å². The molecule has 3 heterocycles. The van der Waals surface area contributed by atoms with E-state index in [4.69, 9.17) is 14.1 Å². The molecule has 0 fully saturated rings. The summed E-state index contributed by atoms with van der Waals surface area (Å²) in [7, 11) is 1.70. The average molecular weight is 308 g/mol. The predicted octanol–water partition coefficient (Wildman–Crippen LogP) is 3.28. The number of ether oxygens (including phenoxy) is 1. The quantitative estimate of drug-likeness (QED) is 0.529. The Hall–Kier alpha value is -2.73. The van der Waals surface area contributed by atoms with E-state index >= 15 is 0 Å². The molecule has 0 N–H and O–H groups in total. The second-order valence-electron chi connectivity index (χ2n) is 5.27. The highest BCUT2D eigenvalue weighted by molar-refractivity contribution is 5.84. The molecule has 0 saturated heterocycles. The largest absolute Gasteiger partial charge is 0.461 e. The van der Waals surface area contributed by atoms with Crippen LogP contribution in [-0.2, 0) is 11.3 Å². The predicted molar refractivity (Wildman–Crippen MR) is 87.0 cm³/mol. The van der Waals surface area contributed by atoms with Gasteiger partial charge in [-0.1, -0.05) is 12.1 Å². The SMILES string of the molecule is COCCCn1c(-c2ccco2)nc2nc3ccccc3nc21. The summed E-state index contributed by atoms with van der Waals surface area (Å²) in [5.41, 5.74) is 3.10. The summed E-state index contributed by atoms with van der Waals surface area (Å²) in [5, 5.41) is 0. The lowest BCUT2D eigenvalue weighted by atomic mass is 10.3. The molecule has 0 aliphatic rings. The van der Waals surface area contributed by atoms with Crippen LogP contribution in [0, 0.1) is 0 Å². The molecule has 0 aliphatic heterocycles. The lowest BCUT2D eigenvalue weighted by Crippen LogP contribution is -2.04. The summed E-state index contributed by atoms with van der Waals surface area (Å²) < 4.78 is 12.7. The van der Waals surface area contributed by atoms with Crippen molar-refractivity contribution in [1.82, 2.24) is 19.5 Å². The number of hydrogen-bond donors (Lipinski definition) is 0. The number of rotatable bonds is 5. The Morgan fingerprint density at radius 2 is 1.87 bits per heavy atom. The molecule has 4 aromatic rings. The first-order valence-corrected chi connectivity index (χ1v) is 7.52. The fraction of sp³-hybridized carbons (Fsp3) is 0.235. The number of imidazole rings is 1. The molecule has 4 rings (SSSR count). The van der Waals surface area contributed by atoms with E-state index in [1.165, 1.54) is 0 Å². The highest BCUT2D eigenvalue weighted by atomic mass is 16.5. The normalized spacial score (nSPS) is 11.5. The van der Waals surface area contributed by atoms with Gasteiger partial charge >= 0.3 is 0 Å². The number of fused-ring (bicyclic) bond motifs is 2. The summed E-state index contributed by atoms with van der Waals surface area (Å²) >= 11 is 0. The van der Waals surface area contributed by atoms with Crippen molar-refractivity contribution in [2.75, 3.05) is 13.7 Å². The van der Waals surface area contributed by atoms with Gasteiger partial charge in [0.05, 0.1) is 17.3 Å². The summed E-state index contributed by atoms with van der Waals surface area (Å²) in [5.74, 6) is 1.46. The molecular formula is C17H16N4O2. The molecule has 0 radical (unpaired) electrons. The van der Waals surface area contributed by atoms with E-state index in [1.807, 2.05) is 41.0 Å². The summed E-state index contributed by atoms with van der Waals surface area (Å²) in [6.07, 6.45) is 2.51. The minimum absolute atomic E-state index is 0.632. The minimum Gasteiger partial charge on any atom is -0.461 e. The van der Waals surface area contributed by atoms with Gasteiger partial charge in [0.25, 0.3) is 0 Å². The van der Waals surface area contributed by atoms with Crippen LogP contribution in [0.1, 0.15) is 6.42 Å². The van der Waals surface area contributed by atoms with Gasteiger partial charge in [-0.25, -0.2) is 15.0 Å². The Balaban J connectivity index is 1.92. The molecule has 1 aromatic carbocycles. The maximum absolute atomic E-state index is 5.52. The van der Waals surface area contributed by atoms with E-state index in [-0.39, 0.29) is 0 Å². The van der Waals surface area contributed by atoms with Crippen molar-refractivity contribution in [2.24, 2.45) is 0 Å². The molecule has 0 aliphatic carbocycles. The number of methoxy groups -OCH3 is 1. The highest BCUT2D eigenvalue weighted by Crippen LogP contribution is 2.25. The van der Waals surface area contributed by atoms with Crippen molar-refractivity contribution in [2.45, 2.75) is 13.0 Å². The van der Waals surface area contributed by atoms with Gasteiger partial charge in [0.15, 0.2) is 22.9 Å². The van der Waals surface area contributed by atoms with Crippen molar-refractivity contribution in [1.29, 1.82) is 0 Å². The Labute approximate surface area is 132 Å². The van der Waals surface area contributed by atoms with Gasteiger partial charge in [-0.3, -0.25) is 0 Å². The number of nitrogens with zero attached hydrogens (tertiary/aromatic N) is 4. The zero-order chi connectivity index (χ0) is 15.6. The first-order chi connectivity index (χ1) is 11.4. The number of furan rings is 1. The van der Waals surface area contributed by atoms with E-state index in [2.05, 4.69) is 9.97 Å². The molecule has 6 heteroatoms. The van der Waals surface area contributed by atoms with Crippen LogP contribution in [0.5, 0.6) is 0 Å². The molecule has 6 nitrogen and oxygen atoms in total. The Morgan fingerprint density at radius 1 is 1.04 bits per heavy atom. The third-order valence-corrected chi connectivity index (χ3v) is 3.73. The lowest BCUT2D eigenvalue weighted by Gasteiger charge is -2.06. The van der Waals surface area contributed by atoms with Gasteiger partial charge in [-0.05, 0) is 30.7 Å². The third-order valence-electron chi connectivity index (χ3n) is 3.73. The maximum atomic E-state index is 5.52. The van der Waals surface area contributed by atoms with Crippen molar-refractivity contribution in [3.63, 3.8) is 0 Å². The first-order valence-electron chi connectivity index (χ1n) is 7.52. The maximum Gasteiger partial charge on any atom is 0.198 e. The molecule has 116 valence electrons. The molecule has 0 unspecified atom stereocenters. The number of para-hydroxylation sites is 2. The van der Waals surface area contributed by atoms with Crippen molar-refractivity contribution >= 4 is 22.3 Å². The molecule has 23 heavy (non-hydrogen) atoms. The van der Waals surface area contributed by atoms with Crippen LogP contribution in [0.3, 0.4) is 0 Å². The number of aryl methyl sites for hydroxylation is 1. The number of benzene rings is 1. The van der Waals surface area contributed by atoms with Gasteiger partial charge in [-0.2, -0.15) is 0 Å². The van der Waals surface area contributed by atoms with Gasteiger partial charge < -0.3 is 13.7 Å². The Kier molecular flexibility index (Phi) is 3.51. The van der Waals surface area contributed by atoms with E-state index in [0.717, 1.165) is 35.5 Å². The van der Waals surface area contributed by atoms with Crippen LogP contribution in [0.15, 0.2) is 47.1 Å². The van der Waals surface area contributed by atoms with Gasteiger partial charge in [0.2, 0.25) is 0 Å². The van der Waals surface area contributed by atoms with Crippen LogP contribution < -0.4 is 0 Å². The molecule has 0 atom stereocenters. The van der Waals surface area contributed by atoms with Crippen LogP contribution in [0.2, 0.25) is 0 Å². The van der Waals surface area contributed by atoms with Crippen LogP contribution in [-0.4, -0.2) is 33.2 Å². The van der Waals surface area contributed by atoms with Crippen molar-refractivity contribution in [3.8, 4) is 11.6 Å². The second kappa shape index (κ2) is 5.81. The fourth-order valence-corrected chi connectivity index (χ4v) is 2.67. The topological polar surface area (TPSA) is 66.0 Å². The van der Waals surface area contributed by atoms with Gasteiger partial charge in [0, 0.05) is 20.3 Å². The number of hydrogen-bond acceptors (Lipinski definition) is 5. The fourth-order valence-electron chi connectivity index (χ4n) is 2.67. The molecule has 3 aromatic heterocycles. The Bertz CT molecular complexity index is 944. The lowest BCUT2D eigenvalue weighted by molar-refractivity contribution is 0.190. The smallest absolute Gasteiger partial charge is 0.198 e. The molecule has 0 saturated carbocycles. The minimum atomic E-state index is 0.632. The van der Waals surface area contributed by atoms with Crippen LogP contribution >= 0.6 is 0 Å². The molecule has 0 bridgehead atoms. The highest BCUT2D eigenvalue weighted by Gasteiger charge is 2.17. The first kappa shape index (κ1) is 13.9. The summed E-state index contributed by atoms with van der Waals surface area (Å²) in [6, 6.07) is 11.6. The molecule has 0 amide bonds. The van der Waals surface area contributed by atoms with E-state index in [1.54, 1.807) is 13.4 Å². The Morgan fingerprint density at radius 3 is 2.61 bits per heavy atom. The zero-order valence-corrected chi connectivity index (χ0v) is 12.8. The number of aromatic nitrogens is 4. The monoisotopic (exact) mass is 308 g/mol. The standard InChI is InChI=1S/C17H16N4O2/c1-22-10-5-9-21-16(14-8-4-11-23-14)20-15-17(21)19-13-7-3-2-6-12(13)18-15/h2-4,6-8,11H,5,9-10H2,1H3. The second-order valence-corrected chi connectivity index (χ2v) is 5.27. The summed E-state index contributed by atoms with van der Waals surface area (Å²) in [4.78, 5) is 14.0. The average Bonchev–Trinajstić information content (AvgIpc) is 3.21. The van der Waals surface area contributed by atoms with Gasteiger partial charge in [-0.15, -0.1) is 0 Å². The molecular weight excluding hydrogens is 292 g/mol. The van der Waals surface area contributed by atoms with Crippen LogP contribution in [0.25, 0.3) is 33.9 Å². The van der Waals surface area contributed by atoms with Crippen LogP contribution in [0.4, 0.5) is 0 Å². The van der Waals surface area contributed by atoms with Gasteiger partial charge in [0.1, 0.15) is 0 Å². The van der Waals surface area contributed by atoms with E-state index in [9.17, 15) is 0 Å². The van der Waals surface area contributed by atoms with E-state index in [0.29, 0.717) is 18.0 Å². The van der Waals surface area contributed by atoms with Crippen molar-refractivity contribution < 1.29 is 9.15 Å². The molecule has 0 spiro atoms. The summed E-state index contributed by atoms with van der Waals surface area (Å²) in [6.45, 7) is 1.42. The third kappa shape index (κ3) is 2.47. The zero-order valence-electron chi connectivity index (χ0n) is 12.8.